The van der Waals surface area contributed by atoms with Crippen molar-refractivity contribution in [2.24, 2.45) is 5.41 Å². The lowest BCUT2D eigenvalue weighted by molar-refractivity contribution is -0.351. The average molecular weight is 390 g/mol. The second-order valence-electron chi connectivity index (χ2n) is 8.12. The van der Waals surface area contributed by atoms with Gasteiger partial charge in [-0.2, -0.15) is 0 Å². The average Bonchev–Trinajstić information content (AvgIpc) is 2.73. The molecule has 28 heavy (non-hydrogen) atoms. The quantitative estimate of drug-likeness (QED) is 0.424. The van der Waals surface area contributed by atoms with Crippen LogP contribution < -0.4 is 0 Å². The number of fused-ring (bicyclic) bond motifs is 3. The Morgan fingerprint density at radius 2 is 1.50 bits per heavy atom. The van der Waals surface area contributed by atoms with Crippen molar-refractivity contribution in [3.8, 4) is 11.1 Å². The lowest BCUT2D eigenvalue weighted by Gasteiger charge is -2.53. The molecule has 2 nitrogen and oxygen atoms in total. The van der Waals surface area contributed by atoms with E-state index in [1.807, 2.05) is 12.1 Å². The van der Waals surface area contributed by atoms with Gasteiger partial charge in [0.25, 0.3) is 0 Å². The molecule has 0 amide bonds. The number of ether oxygens (including phenoxy) is 2. The maximum Gasteiger partial charge on any atom is 0.194 e. The van der Waals surface area contributed by atoms with Gasteiger partial charge in [0, 0.05) is 17.4 Å². The van der Waals surface area contributed by atoms with Gasteiger partial charge in [-0.05, 0) is 36.1 Å². The van der Waals surface area contributed by atoms with Crippen LogP contribution in [-0.2, 0) is 15.3 Å². The van der Waals surface area contributed by atoms with E-state index in [0.717, 1.165) is 37.0 Å². The van der Waals surface area contributed by atoms with Gasteiger partial charge in [0.1, 0.15) is 0 Å². The van der Waals surface area contributed by atoms with Crippen LogP contribution in [0.15, 0.2) is 36.4 Å². The Bertz CT molecular complexity index is 800. The zero-order valence-electron chi connectivity index (χ0n) is 16.1. The number of halogens is 3. The van der Waals surface area contributed by atoms with E-state index in [9.17, 15) is 13.2 Å². The van der Waals surface area contributed by atoms with Crippen molar-refractivity contribution < 1.29 is 22.6 Å². The second-order valence-corrected chi connectivity index (χ2v) is 8.12. The summed E-state index contributed by atoms with van der Waals surface area (Å²) in [4.78, 5) is 0. The molecule has 0 atom stereocenters. The van der Waals surface area contributed by atoms with Crippen LogP contribution in [0.5, 0.6) is 0 Å². The van der Waals surface area contributed by atoms with Gasteiger partial charge >= 0.3 is 0 Å². The summed E-state index contributed by atoms with van der Waals surface area (Å²) in [5.41, 5.74) is 1.95. The van der Waals surface area contributed by atoms with E-state index in [2.05, 4.69) is 6.92 Å². The Balaban J connectivity index is 1.50. The Labute approximate surface area is 163 Å². The lowest BCUT2D eigenvalue weighted by atomic mass is 9.73. The summed E-state index contributed by atoms with van der Waals surface area (Å²) in [6.07, 6.45) is 6.66. The van der Waals surface area contributed by atoms with E-state index in [0.29, 0.717) is 24.3 Å². The van der Waals surface area contributed by atoms with Gasteiger partial charge in [0.15, 0.2) is 23.2 Å². The van der Waals surface area contributed by atoms with Crippen LogP contribution in [0.2, 0.25) is 0 Å². The van der Waals surface area contributed by atoms with Crippen LogP contribution in [0.4, 0.5) is 13.2 Å². The SMILES string of the molecule is CCCCCC12CCC(c3ccc(-c4cc(F)c(F)c(F)c4)cc3)(OC1)OC2. The minimum atomic E-state index is -1.45. The predicted molar refractivity (Wildman–Crippen MR) is 101 cm³/mol. The summed E-state index contributed by atoms with van der Waals surface area (Å²) in [6.45, 7) is 3.61. The molecule has 2 bridgehead atoms. The molecule has 0 aromatic heterocycles. The first-order chi connectivity index (χ1) is 13.5. The van der Waals surface area contributed by atoms with Gasteiger partial charge in [0.05, 0.1) is 13.2 Å². The largest absolute Gasteiger partial charge is 0.345 e. The van der Waals surface area contributed by atoms with Crippen LogP contribution in [-0.4, -0.2) is 13.2 Å². The number of unbranched alkanes of at least 4 members (excludes halogenated alkanes) is 2. The zero-order chi connectivity index (χ0) is 19.8. The highest BCUT2D eigenvalue weighted by atomic mass is 19.2. The number of hydrogen-bond donors (Lipinski definition) is 0. The summed E-state index contributed by atoms with van der Waals surface area (Å²) >= 11 is 0. The van der Waals surface area contributed by atoms with Gasteiger partial charge in [-0.15, -0.1) is 0 Å². The Morgan fingerprint density at radius 1 is 0.857 bits per heavy atom. The molecule has 0 aliphatic carbocycles. The first-order valence-electron chi connectivity index (χ1n) is 10.0. The molecule has 3 heterocycles. The van der Waals surface area contributed by atoms with E-state index in [1.165, 1.54) is 19.3 Å². The highest BCUT2D eigenvalue weighted by molar-refractivity contribution is 5.64. The third kappa shape index (κ3) is 3.46. The van der Waals surface area contributed by atoms with Crippen LogP contribution in [0.25, 0.3) is 11.1 Å². The first-order valence-corrected chi connectivity index (χ1v) is 10.0. The monoisotopic (exact) mass is 390 g/mol. The smallest absolute Gasteiger partial charge is 0.194 e. The number of benzene rings is 2. The van der Waals surface area contributed by atoms with E-state index < -0.39 is 23.2 Å². The third-order valence-electron chi connectivity index (χ3n) is 6.16. The molecule has 150 valence electrons. The van der Waals surface area contributed by atoms with Gasteiger partial charge in [-0.1, -0.05) is 50.5 Å². The van der Waals surface area contributed by atoms with Crippen molar-refractivity contribution in [3.63, 3.8) is 0 Å². The van der Waals surface area contributed by atoms with Crippen molar-refractivity contribution in [1.29, 1.82) is 0 Å². The highest BCUT2D eigenvalue weighted by Crippen LogP contribution is 2.51. The normalized spacial score (nSPS) is 26.6. The van der Waals surface area contributed by atoms with Gasteiger partial charge in [-0.25, -0.2) is 13.2 Å². The molecule has 2 aromatic rings. The van der Waals surface area contributed by atoms with Crippen LogP contribution >= 0.6 is 0 Å². The molecule has 0 spiro atoms. The molecule has 0 unspecified atom stereocenters. The van der Waals surface area contributed by atoms with Gasteiger partial charge < -0.3 is 9.47 Å². The fourth-order valence-electron chi connectivity index (χ4n) is 4.31. The van der Waals surface area contributed by atoms with E-state index in [1.54, 1.807) is 12.1 Å². The van der Waals surface area contributed by atoms with Crippen LogP contribution in [0.3, 0.4) is 0 Å². The van der Waals surface area contributed by atoms with E-state index in [-0.39, 0.29) is 5.41 Å². The fraction of sp³-hybridized carbons (Fsp3) is 0.478. The second kappa shape index (κ2) is 7.53. The molecule has 5 heteroatoms. The van der Waals surface area contributed by atoms with Crippen molar-refractivity contribution in [2.45, 2.75) is 51.2 Å². The Morgan fingerprint density at radius 3 is 2.04 bits per heavy atom. The first kappa shape index (κ1) is 19.5. The molecule has 0 saturated carbocycles. The summed E-state index contributed by atoms with van der Waals surface area (Å²) < 4.78 is 52.6. The molecular weight excluding hydrogens is 365 g/mol. The van der Waals surface area contributed by atoms with E-state index >= 15 is 0 Å². The van der Waals surface area contributed by atoms with Crippen molar-refractivity contribution >= 4 is 0 Å². The molecule has 0 N–H and O–H groups in total. The zero-order valence-corrected chi connectivity index (χ0v) is 16.1. The standard InChI is InChI=1S/C23H25F3O2/c1-2-3-4-9-22-10-11-23(27-14-22,28-15-22)18-7-5-16(6-8-18)17-12-19(24)21(26)20(25)13-17/h5-8,12-13H,2-4,9-11,14-15H2,1H3. The third-order valence-corrected chi connectivity index (χ3v) is 6.16. The summed E-state index contributed by atoms with van der Waals surface area (Å²) in [6, 6.07) is 9.27. The molecular formula is C23H25F3O2. The number of rotatable bonds is 6. The molecule has 3 saturated heterocycles. The minimum absolute atomic E-state index is 0.139. The molecule has 3 fully saturated rings. The topological polar surface area (TPSA) is 18.5 Å². The minimum Gasteiger partial charge on any atom is -0.345 e. The van der Waals surface area contributed by atoms with Gasteiger partial charge in [0.2, 0.25) is 0 Å². The summed E-state index contributed by atoms with van der Waals surface area (Å²) in [5, 5.41) is 0. The molecule has 2 aromatic carbocycles. The van der Waals surface area contributed by atoms with Crippen molar-refractivity contribution in [1.82, 2.24) is 0 Å². The highest BCUT2D eigenvalue weighted by Gasteiger charge is 2.51. The summed E-state index contributed by atoms with van der Waals surface area (Å²) in [5.74, 6) is -4.57. The molecule has 0 radical (unpaired) electrons. The summed E-state index contributed by atoms with van der Waals surface area (Å²) in [7, 11) is 0. The number of hydrogen-bond acceptors (Lipinski definition) is 2. The molecule has 3 aliphatic rings. The molecule has 3 aliphatic heterocycles. The fourth-order valence-corrected chi connectivity index (χ4v) is 4.31. The maximum absolute atomic E-state index is 13.5. The van der Waals surface area contributed by atoms with Gasteiger partial charge in [-0.3, -0.25) is 0 Å². The molecule has 5 rings (SSSR count). The Hall–Kier alpha value is -1.85. The Kier molecular flexibility index (Phi) is 5.23. The van der Waals surface area contributed by atoms with Crippen molar-refractivity contribution in [2.75, 3.05) is 13.2 Å². The van der Waals surface area contributed by atoms with Crippen molar-refractivity contribution in [3.05, 3.63) is 59.4 Å². The van der Waals surface area contributed by atoms with E-state index in [4.69, 9.17) is 9.47 Å². The maximum atomic E-state index is 13.5. The van der Waals surface area contributed by atoms with Crippen LogP contribution in [0.1, 0.15) is 51.0 Å². The lowest BCUT2D eigenvalue weighted by Crippen LogP contribution is -2.53. The predicted octanol–water partition coefficient (Wildman–Crippen LogP) is 6.33. The van der Waals surface area contributed by atoms with Crippen LogP contribution in [0, 0.1) is 22.9 Å².